The fourth-order valence-electron chi connectivity index (χ4n) is 2.33. The standard InChI is InChI=1S/C16H18F3N3O2/c1-2-3-6-9-22-15(24)12-8-5-4-7-11(12)13(21-22)14(23)20-10-16(17,18)19/h4-5,7-8H,2-3,6,9-10H2,1H3,(H,20,23). The predicted molar refractivity (Wildman–Crippen MR) is 83.9 cm³/mol. The lowest BCUT2D eigenvalue weighted by molar-refractivity contribution is -0.123. The Morgan fingerprint density at radius 3 is 2.50 bits per heavy atom. The zero-order chi connectivity index (χ0) is 17.7. The first kappa shape index (κ1) is 18.0. The smallest absolute Gasteiger partial charge is 0.342 e. The number of nitrogens with zero attached hydrogens (tertiary/aromatic N) is 2. The lowest BCUT2D eigenvalue weighted by Gasteiger charge is -2.12. The fraction of sp³-hybridized carbons (Fsp3) is 0.438. The van der Waals surface area contributed by atoms with Gasteiger partial charge in [0.15, 0.2) is 5.69 Å². The molecule has 0 fully saturated rings. The largest absolute Gasteiger partial charge is 0.405 e. The van der Waals surface area contributed by atoms with Crippen LogP contribution in [0.15, 0.2) is 29.1 Å². The molecule has 1 aromatic carbocycles. The van der Waals surface area contributed by atoms with Crippen LogP contribution in [0.25, 0.3) is 10.8 Å². The summed E-state index contributed by atoms with van der Waals surface area (Å²) in [5.41, 5.74) is -0.528. The number of carbonyl (C=O) groups is 1. The van der Waals surface area contributed by atoms with Crippen LogP contribution in [0.2, 0.25) is 0 Å². The molecule has 8 heteroatoms. The Morgan fingerprint density at radius 2 is 1.88 bits per heavy atom. The average molecular weight is 341 g/mol. The van der Waals surface area contributed by atoms with Gasteiger partial charge in [-0.3, -0.25) is 9.59 Å². The van der Waals surface area contributed by atoms with Gasteiger partial charge in [0, 0.05) is 11.9 Å². The number of alkyl halides is 3. The minimum absolute atomic E-state index is 0.175. The summed E-state index contributed by atoms with van der Waals surface area (Å²) >= 11 is 0. The summed E-state index contributed by atoms with van der Waals surface area (Å²) in [5.74, 6) is -0.951. The van der Waals surface area contributed by atoms with Crippen LogP contribution in [0.3, 0.4) is 0 Å². The molecular weight excluding hydrogens is 323 g/mol. The van der Waals surface area contributed by atoms with Crippen LogP contribution in [0.1, 0.15) is 36.7 Å². The number of halogens is 3. The third-order valence-electron chi connectivity index (χ3n) is 3.51. The minimum Gasteiger partial charge on any atom is -0.342 e. The Morgan fingerprint density at radius 1 is 1.21 bits per heavy atom. The molecule has 24 heavy (non-hydrogen) atoms. The van der Waals surface area contributed by atoms with Crippen LogP contribution in [0.5, 0.6) is 0 Å². The summed E-state index contributed by atoms with van der Waals surface area (Å²) in [6.07, 6.45) is -1.98. The second-order valence-electron chi connectivity index (χ2n) is 5.43. The lowest BCUT2D eigenvalue weighted by Crippen LogP contribution is -2.36. The van der Waals surface area contributed by atoms with Crippen molar-refractivity contribution < 1.29 is 18.0 Å². The van der Waals surface area contributed by atoms with Crippen LogP contribution in [0.4, 0.5) is 13.2 Å². The summed E-state index contributed by atoms with van der Waals surface area (Å²) in [7, 11) is 0. The van der Waals surface area contributed by atoms with E-state index in [1.165, 1.54) is 12.1 Å². The number of fused-ring (bicyclic) bond motifs is 1. The van der Waals surface area contributed by atoms with Crippen molar-refractivity contribution in [1.82, 2.24) is 15.1 Å². The van der Waals surface area contributed by atoms with E-state index in [9.17, 15) is 22.8 Å². The topological polar surface area (TPSA) is 64.0 Å². The van der Waals surface area contributed by atoms with Crippen molar-refractivity contribution in [2.45, 2.75) is 38.9 Å². The van der Waals surface area contributed by atoms with Crippen molar-refractivity contribution in [2.75, 3.05) is 6.54 Å². The highest BCUT2D eigenvalue weighted by atomic mass is 19.4. The molecule has 0 aliphatic rings. The van der Waals surface area contributed by atoms with Crippen LogP contribution >= 0.6 is 0 Å². The highest BCUT2D eigenvalue weighted by Crippen LogP contribution is 2.15. The first-order valence-corrected chi connectivity index (χ1v) is 7.68. The molecular formula is C16H18F3N3O2. The lowest BCUT2D eigenvalue weighted by atomic mass is 10.1. The number of amides is 1. The Bertz CT molecular complexity index is 784. The second-order valence-corrected chi connectivity index (χ2v) is 5.43. The van der Waals surface area contributed by atoms with E-state index in [2.05, 4.69) is 5.10 Å². The molecule has 0 unspecified atom stereocenters. The number of carbonyl (C=O) groups excluding carboxylic acids is 1. The van der Waals surface area contributed by atoms with Gasteiger partial charge in [0.05, 0.1) is 5.39 Å². The molecule has 1 amide bonds. The van der Waals surface area contributed by atoms with Crippen molar-refractivity contribution in [3.63, 3.8) is 0 Å². The van der Waals surface area contributed by atoms with E-state index in [-0.39, 0.29) is 22.0 Å². The van der Waals surface area contributed by atoms with E-state index in [0.717, 1.165) is 17.5 Å². The summed E-state index contributed by atoms with van der Waals surface area (Å²) in [6, 6.07) is 6.28. The first-order chi connectivity index (χ1) is 11.3. The number of nitrogens with one attached hydrogen (secondary N) is 1. The zero-order valence-corrected chi connectivity index (χ0v) is 13.2. The van der Waals surface area contributed by atoms with Crippen molar-refractivity contribution in [1.29, 1.82) is 0 Å². The third-order valence-corrected chi connectivity index (χ3v) is 3.51. The van der Waals surface area contributed by atoms with Crippen LogP contribution < -0.4 is 10.9 Å². The maximum absolute atomic E-state index is 12.4. The summed E-state index contributed by atoms with van der Waals surface area (Å²) in [4.78, 5) is 24.5. The van der Waals surface area contributed by atoms with E-state index >= 15 is 0 Å². The van der Waals surface area contributed by atoms with E-state index in [4.69, 9.17) is 0 Å². The molecule has 0 saturated heterocycles. The Kier molecular flexibility index (Phi) is 5.58. The van der Waals surface area contributed by atoms with Crippen molar-refractivity contribution in [3.05, 3.63) is 40.3 Å². The summed E-state index contributed by atoms with van der Waals surface area (Å²) in [5, 5.41) is 6.31. The maximum Gasteiger partial charge on any atom is 0.405 e. The highest BCUT2D eigenvalue weighted by molar-refractivity contribution is 6.04. The number of rotatable bonds is 6. The summed E-state index contributed by atoms with van der Waals surface area (Å²) < 4.78 is 38.1. The van der Waals surface area contributed by atoms with Gasteiger partial charge in [0.2, 0.25) is 0 Å². The van der Waals surface area contributed by atoms with Crippen molar-refractivity contribution in [3.8, 4) is 0 Å². The summed E-state index contributed by atoms with van der Waals surface area (Å²) in [6.45, 7) is 0.875. The molecule has 0 saturated carbocycles. The van der Waals surface area contributed by atoms with Gasteiger partial charge in [0.1, 0.15) is 6.54 Å². The Labute approximate surface area is 136 Å². The van der Waals surface area contributed by atoms with Gasteiger partial charge < -0.3 is 5.32 Å². The molecule has 2 aromatic rings. The van der Waals surface area contributed by atoms with Gasteiger partial charge >= 0.3 is 6.18 Å². The first-order valence-electron chi connectivity index (χ1n) is 7.68. The number of hydrogen-bond donors (Lipinski definition) is 1. The number of unbranched alkanes of at least 4 members (excludes halogenated alkanes) is 2. The van der Waals surface area contributed by atoms with Crippen LogP contribution in [-0.4, -0.2) is 28.4 Å². The number of hydrogen-bond acceptors (Lipinski definition) is 3. The monoisotopic (exact) mass is 341 g/mol. The Balaban J connectivity index is 2.41. The molecule has 0 aliphatic heterocycles. The van der Waals surface area contributed by atoms with Gasteiger partial charge in [-0.15, -0.1) is 0 Å². The number of aromatic nitrogens is 2. The van der Waals surface area contributed by atoms with Gasteiger partial charge in [-0.1, -0.05) is 38.0 Å². The molecule has 0 bridgehead atoms. The molecule has 5 nitrogen and oxygen atoms in total. The van der Waals surface area contributed by atoms with Crippen LogP contribution in [0, 0.1) is 0 Å². The molecule has 1 aromatic heterocycles. The maximum atomic E-state index is 12.4. The van der Waals surface area contributed by atoms with Gasteiger partial charge in [-0.05, 0) is 12.5 Å². The van der Waals surface area contributed by atoms with Gasteiger partial charge in [0.25, 0.3) is 11.5 Å². The van der Waals surface area contributed by atoms with E-state index in [1.807, 2.05) is 6.92 Å². The molecule has 1 N–H and O–H groups in total. The van der Waals surface area contributed by atoms with Crippen molar-refractivity contribution >= 4 is 16.7 Å². The number of benzene rings is 1. The van der Waals surface area contributed by atoms with E-state index in [0.29, 0.717) is 13.0 Å². The van der Waals surface area contributed by atoms with Crippen molar-refractivity contribution in [2.24, 2.45) is 0 Å². The molecule has 0 radical (unpaired) electrons. The van der Waals surface area contributed by atoms with Gasteiger partial charge in [-0.2, -0.15) is 18.3 Å². The molecule has 0 spiro atoms. The molecule has 2 rings (SSSR count). The fourth-order valence-corrected chi connectivity index (χ4v) is 2.33. The molecule has 130 valence electrons. The molecule has 0 atom stereocenters. The minimum atomic E-state index is -4.51. The van der Waals surface area contributed by atoms with E-state index < -0.39 is 18.6 Å². The van der Waals surface area contributed by atoms with Gasteiger partial charge in [-0.25, -0.2) is 4.68 Å². The number of aryl methyl sites for hydroxylation is 1. The van der Waals surface area contributed by atoms with Crippen LogP contribution in [-0.2, 0) is 6.54 Å². The molecule has 0 aliphatic carbocycles. The zero-order valence-electron chi connectivity index (χ0n) is 13.2. The third kappa shape index (κ3) is 4.33. The predicted octanol–water partition coefficient (Wildman–Crippen LogP) is 2.88. The SMILES string of the molecule is CCCCCn1nc(C(=O)NCC(F)(F)F)c2ccccc2c1=O. The quantitative estimate of drug-likeness (QED) is 0.822. The second kappa shape index (κ2) is 7.46. The Hall–Kier alpha value is -2.38. The average Bonchev–Trinajstić information content (AvgIpc) is 2.54. The van der Waals surface area contributed by atoms with E-state index in [1.54, 1.807) is 17.4 Å². The molecule has 1 heterocycles. The highest BCUT2D eigenvalue weighted by Gasteiger charge is 2.28. The normalized spacial score (nSPS) is 11.7.